The minimum Gasteiger partial charge on any atom is -0.391 e. The van der Waals surface area contributed by atoms with E-state index in [2.05, 4.69) is 10.1 Å². The maximum atomic E-state index is 12.8. The monoisotopic (exact) mass is 340 g/mol. The van der Waals surface area contributed by atoms with Gasteiger partial charge in [-0.2, -0.15) is 0 Å². The van der Waals surface area contributed by atoms with E-state index >= 15 is 0 Å². The molecule has 1 aromatic carbocycles. The van der Waals surface area contributed by atoms with Gasteiger partial charge in [-0.05, 0) is 25.1 Å². The van der Waals surface area contributed by atoms with Crippen molar-refractivity contribution in [3.8, 4) is 0 Å². The fraction of sp³-hybridized carbons (Fsp3) is 0.389. The van der Waals surface area contributed by atoms with Crippen molar-refractivity contribution < 1.29 is 14.4 Å². The van der Waals surface area contributed by atoms with Crippen LogP contribution in [-0.4, -0.2) is 49.8 Å². The van der Waals surface area contributed by atoms with Gasteiger partial charge in [0, 0.05) is 44.1 Å². The van der Waals surface area contributed by atoms with E-state index < -0.39 is 6.10 Å². The molecule has 130 valence electrons. The maximum absolute atomic E-state index is 12.8. The summed E-state index contributed by atoms with van der Waals surface area (Å²) in [5.74, 6) is 0.614. The van der Waals surface area contributed by atoms with Crippen molar-refractivity contribution in [2.45, 2.75) is 19.4 Å². The lowest BCUT2D eigenvalue weighted by atomic mass is 10.0. The van der Waals surface area contributed by atoms with Crippen LogP contribution in [0.3, 0.4) is 0 Å². The number of rotatable bonds is 3. The molecule has 1 aliphatic heterocycles. The second-order valence-electron chi connectivity index (χ2n) is 6.74. The number of carbonyl (C=O) groups excluding carboxylic acids is 1. The number of nitrogens with zero attached hydrogens (tertiary/aromatic N) is 4. The number of carbonyl (C=O) groups is 1. The normalized spacial score (nSPS) is 20.5. The van der Waals surface area contributed by atoms with E-state index in [1.165, 1.54) is 0 Å². The Morgan fingerprint density at radius 2 is 2.20 bits per heavy atom. The smallest absolute Gasteiger partial charge is 0.254 e. The zero-order valence-electron chi connectivity index (χ0n) is 14.2. The molecular weight excluding hydrogens is 320 g/mol. The first-order chi connectivity index (χ1) is 12.0. The Labute approximate surface area is 144 Å². The predicted octanol–water partition coefficient (Wildman–Crippen LogP) is 1.55. The predicted molar refractivity (Wildman–Crippen MR) is 91.1 cm³/mol. The SMILES string of the molecule is Cc1cc(C[C@@H]2CN(C(=O)c3ccc4c(c3)ncn4C)C[C@@H]2O)on1. The van der Waals surface area contributed by atoms with Gasteiger partial charge in [0.2, 0.25) is 0 Å². The number of benzene rings is 1. The van der Waals surface area contributed by atoms with Crippen LogP contribution in [0.25, 0.3) is 11.0 Å². The molecule has 1 aliphatic rings. The summed E-state index contributed by atoms with van der Waals surface area (Å²) >= 11 is 0. The topological polar surface area (TPSA) is 84.4 Å². The molecule has 1 saturated heterocycles. The molecule has 1 N–H and O–H groups in total. The first-order valence-corrected chi connectivity index (χ1v) is 8.32. The number of aliphatic hydroxyl groups excluding tert-OH is 1. The second kappa shape index (κ2) is 6.00. The summed E-state index contributed by atoms with van der Waals surface area (Å²) in [4.78, 5) is 18.8. The second-order valence-corrected chi connectivity index (χ2v) is 6.74. The Balaban J connectivity index is 1.50. The third-order valence-corrected chi connectivity index (χ3v) is 4.81. The molecule has 3 aromatic rings. The van der Waals surface area contributed by atoms with Gasteiger partial charge in [-0.15, -0.1) is 0 Å². The number of fused-ring (bicyclic) bond motifs is 1. The molecule has 1 fully saturated rings. The Bertz CT molecular complexity index is 929. The number of aliphatic hydroxyl groups is 1. The third-order valence-electron chi connectivity index (χ3n) is 4.81. The molecule has 3 heterocycles. The van der Waals surface area contributed by atoms with E-state index in [1.54, 1.807) is 17.3 Å². The Hall–Kier alpha value is -2.67. The zero-order chi connectivity index (χ0) is 17.6. The van der Waals surface area contributed by atoms with Gasteiger partial charge < -0.3 is 19.1 Å². The van der Waals surface area contributed by atoms with Crippen molar-refractivity contribution in [1.82, 2.24) is 19.6 Å². The summed E-state index contributed by atoms with van der Waals surface area (Å²) in [6, 6.07) is 7.38. The molecule has 25 heavy (non-hydrogen) atoms. The molecule has 0 bridgehead atoms. The van der Waals surface area contributed by atoms with Gasteiger partial charge in [0.05, 0.1) is 29.2 Å². The minimum absolute atomic E-state index is 0.0464. The molecule has 0 radical (unpaired) electrons. The number of hydrogen-bond acceptors (Lipinski definition) is 5. The van der Waals surface area contributed by atoms with Crippen LogP contribution >= 0.6 is 0 Å². The highest BCUT2D eigenvalue weighted by molar-refractivity contribution is 5.97. The van der Waals surface area contributed by atoms with Gasteiger partial charge in [0.1, 0.15) is 5.76 Å². The van der Waals surface area contributed by atoms with Gasteiger partial charge >= 0.3 is 0 Å². The molecule has 0 aliphatic carbocycles. The van der Waals surface area contributed by atoms with Crippen LogP contribution < -0.4 is 0 Å². The minimum atomic E-state index is -0.562. The van der Waals surface area contributed by atoms with Crippen LogP contribution in [0.2, 0.25) is 0 Å². The summed E-state index contributed by atoms with van der Waals surface area (Å²) in [6.07, 6.45) is 1.74. The van der Waals surface area contributed by atoms with Gasteiger partial charge in [-0.25, -0.2) is 4.98 Å². The van der Waals surface area contributed by atoms with Crippen molar-refractivity contribution in [2.24, 2.45) is 13.0 Å². The Morgan fingerprint density at radius 1 is 1.36 bits per heavy atom. The lowest BCUT2D eigenvalue weighted by Gasteiger charge is -2.16. The molecule has 7 heteroatoms. The van der Waals surface area contributed by atoms with E-state index in [0.717, 1.165) is 22.5 Å². The first-order valence-electron chi connectivity index (χ1n) is 8.32. The molecular formula is C18H20N4O3. The first kappa shape index (κ1) is 15.8. The van der Waals surface area contributed by atoms with Gasteiger partial charge in [-0.1, -0.05) is 5.16 Å². The van der Waals surface area contributed by atoms with Crippen LogP contribution in [0.15, 0.2) is 35.1 Å². The molecule has 2 atom stereocenters. The Morgan fingerprint density at radius 3 is 2.96 bits per heavy atom. The van der Waals surface area contributed by atoms with Gasteiger partial charge in [0.25, 0.3) is 5.91 Å². The maximum Gasteiger partial charge on any atom is 0.254 e. The lowest BCUT2D eigenvalue weighted by Crippen LogP contribution is -2.29. The van der Waals surface area contributed by atoms with Gasteiger partial charge in [0.15, 0.2) is 0 Å². The van der Waals surface area contributed by atoms with Crippen molar-refractivity contribution >= 4 is 16.9 Å². The molecule has 2 aromatic heterocycles. The van der Waals surface area contributed by atoms with Crippen LogP contribution in [-0.2, 0) is 13.5 Å². The number of aryl methyl sites for hydroxylation is 2. The highest BCUT2D eigenvalue weighted by atomic mass is 16.5. The number of amides is 1. The largest absolute Gasteiger partial charge is 0.391 e. The van der Waals surface area contributed by atoms with Crippen LogP contribution in [0.4, 0.5) is 0 Å². The summed E-state index contributed by atoms with van der Waals surface area (Å²) in [5, 5.41) is 14.2. The average molecular weight is 340 g/mol. The quantitative estimate of drug-likeness (QED) is 0.782. The van der Waals surface area contributed by atoms with E-state index in [0.29, 0.717) is 25.1 Å². The fourth-order valence-corrected chi connectivity index (χ4v) is 3.44. The van der Waals surface area contributed by atoms with Crippen molar-refractivity contribution in [2.75, 3.05) is 13.1 Å². The fourth-order valence-electron chi connectivity index (χ4n) is 3.44. The average Bonchev–Trinajstić information content (AvgIpc) is 3.28. The molecule has 0 unspecified atom stereocenters. The highest BCUT2D eigenvalue weighted by Gasteiger charge is 2.35. The standard InChI is InChI=1S/C18H20N4O3/c1-11-5-14(25-20-11)6-13-8-22(9-17(13)23)18(24)12-3-4-16-15(7-12)19-10-21(16)2/h3-5,7,10,13,17,23H,6,8-9H2,1-2H3/t13-,17+/m1/s1. The number of aromatic nitrogens is 3. The molecule has 4 rings (SSSR count). The highest BCUT2D eigenvalue weighted by Crippen LogP contribution is 2.24. The zero-order valence-corrected chi connectivity index (χ0v) is 14.2. The lowest BCUT2D eigenvalue weighted by molar-refractivity contribution is 0.0764. The van der Waals surface area contributed by atoms with E-state index in [-0.39, 0.29) is 11.8 Å². The number of hydrogen-bond donors (Lipinski definition) is 1. The van der Waals surface area contributed by atoms with E-state index in [9.17, 15) is 9.90 Å². The molecule has 1 amide bonds. The molecule has 0 saturated carbocycles. The summed E-state index contributed by atoms with van der Waals surface area (Å²) < 4.78 is 7.15. The molecule has 0 spiro atoms. The summed E-state index contributed by atoms with van der Waals surface area (Å²) in [7, 11) is 1.92. The summed E-state index contributed by atoms with van der Waals surface area (Å²) in [6.45, 7) is 2.69. The van der Waals surface area contributed by atoms with Crippen molar-refractivity contribution in [1.29, 1.82) is 0 Å². The Kier molecular flexibility index (Phi) is 3.80. The van der Waals surface area contributed by atoms with Crippen molar-refractivity contribution in [3.05, 3.63) is 47.6 Å². The number of likely N-dealkylation sites (tertiary alicyclic amines) is 1. The van der Waals surface area contributed by atoms with E-state index in [1.807, 2.05) is 36.7 Å². The number of imidazole rings is 1. The van der Waals surface area contributed by atoms with Crippen LogP contribution in [0, 0.1) is 12.8 Å². The third kappa shape index (κ3) is 2.91. The van der Waals surface area contributed by atoms with Gasteiger partial charge in [-0.3, -0.25) is 4.79 Å². The number of β-amino-alcohol motifs (C(OH)–C–C–N with tert-alkyl or cyclic N) is 1. The summed E-state index contributed by atoms with van der Waals surface area (Å²) in [5.41, 5.74) is 3.19. The van der Waals surface area contributed by atoms with Crippen LogP contribution in [0.5, 0.6) is 0 Å². The van der Waals surface area contributed by atoms with Crippen LogP contribution in [0.1, 0.15) is 21.8 Å². The van der Waals surface area contributed by atoms with E-state index in [4.69, 9.17) is 4.52 Å². The molecule has 7 nitrogen and oxygen atoms in total. The van der Waals surface area contributed by atoms with Crippen molar-refractivity contribution in [3.63, 3.8) is 0 Å².